The van der Waals surface area contributed by atoms with Crippen molar-refractivity contribution >= 4 is 35.0 Å². The summed E-state index contributed by atoms with van der Waals surface area (Å²) < 4.78 is 0. The lowest BCUT2D eigenvalue weighted by Gasteiger charge is -2.15. The summed E-state index contributed by atoms with van der Waals surface area (Å²) in [4.78, 5) is 27.0. The summed E-state index contributed by atoms with van der Waals surface area (Å²) in [7, 11) is 0. The molecule has 0 saturated carbocycles. The van der Waals surface area contributed by atoms with Gasteiger partial charge in [0.1, 0.15) is 0 Å². The van der Waals surface area contributed by atoms with Crippen molar-refractivity contribution in [3.8, 4) is 0 Å². The highest BCUT2D eigenvalue weighted by molar-refractivity contribution is 8.00. The van der Waals surface area contributed by atoms with E-state index < -0.39 is 0 Å². The van der Waals surface area contributed by atoms with Crippen molar-refractivity contribution < 1.29 is 9.59 Å². The molecule has 1 aliphatic heterocycles. The van der Waals surface area contributed by atoms with Crippen molar-refractivity contribution in [3.63, 3.8) is 0 Å². The van der Waals surface area contributed by atoms with Gasteiger partial charge in [-0.2, -0.15) is 0 Å². The van der Waals surface area contributed by atoms with E-state index in [2.05, 4.69) is 0 Å². The maximum atomic E-state index is 12.5. The fourth-order valence-electron chi connectivity index (χ4n) is 2.37. The lowest BCUT2D eigenvalue weighted by Crippen LogP contribution is -2.31. The number of amides is 2. The molecule has 112 valence electrons. The number of nitrogens with two attached hydrogens (primary N) is 1. The van der Waals surface area contributed by atoms with Gasteiger partial charge in [-0.1, -0.05) is 17.7 Å². The number of imide groups is 1. The second kappa shape index (κ2) is 5.85. The first-order valence-corrected chi connectivity index (χ1v) is 7.88. The van der Waals surface area contributed by atoms with E-state index in [-0.39, 0.29) is 23.5 Å². The first-order chi connectivity index (χ1) is 10.5. The highest BCUT2D eigenvalue weighted by Gasteiger charge is 2.40. The van der Waals surface area contributed by atoms with Crippen LogP contribution in [0.2, 0.25) is 0 Å². The molecule has 4 nitrogen and oxygen atoms in total. The fraction of sp³-hybridized carbons (Fsp3) is 0.176. The maximum Gasteiger partial charge on any atom is 0.247 e. The number of rotatable bonds is 3. The van der Waals surface area contributed by atoms with E-state index in [0.717, 1.165) is 10.5 Å². The fourth-order valence-corrected chi connectivity index (χ4v) is 3.43. The summed E-state index contributed by atoms with van der Waals surface area (Å²) >= 11 is 1.41. The molecule has 2 aromatic carbocycles. The van der Waals surface area contributed by atoms with E-state index in [0.29, 0.717) is 11.4 Å². The monoisotopic (exact) mass is 312 g/mol. The van der Waals surface area contributed by atoms with E-state index in [4.69, 9.17) is 5.73 Å². The van der Waals surface area contributed by atoms with Gasteiger partial charge in [0.25, 0.3) is 0 Å². The van der Waals surface area contributed by atoms with Gasteiger partial charge in [0.05, 0.1) is 10.9 Å². The molecule has 5 heteroatoms. The van der Waals surface area contributed by atoms with Crippen molar-refractivity contribution in [2.75, 3.05) is 10.6 Å². The van der Waals surface area contributed by atoms with E-state index in [9.17, 15) is 9.59 Å². The van der Waals surface area contributed by atoms with Gasteiger partial charge in [0, 0.05) is 17.0 Å². The standard InChI is InChI=1S/C17H16N2O2S/c1-11-2-6-13(7-3-11)19-16(20)10-15(17(19)21)22-14-8-4-12(18)5-9-14/h2-9,15H,10,18H2,1H3. The third-order valence-electron chi connectivity index (χ3n) is 3.56. The summed E-state index contributed by atoms with van der Waals surface area (Å²) in [5.74, 6) is -0.308. The molecule has 2 aromatic rings. The van der Waals surface area contributed by atoms with Crippen molar-refractivity contribution in [3.05, 3.63) is 54.1 Å². The Morgan fingerprint density at radius 3 is 2.32 bits per heavy atom. The Hall–Kier alpha value is -2.27. The number of nitrogens with zero attached hydrogens (tertiary/aromatic N) is 1. The number of carbonyl (C=O) groups excluding carboxylic acids is 2. The smallest absolute Gasteiger partial charge is 0.247 e. The van der Waals surface area contributed by atoms with Gasteiger partial charge in [-0.15, -0.1) is 11.8 Å². The zero-order chi connectivity index (χ0) is 15.7. The number of nitrogen functional groups attached to an aromatic ring is 1. The lowest BCUT2D eigenvalue weighted by molar-refractivity contribution is -0.121. The Morgan fingerprint density at radius 1 is 1.05 bits per heavy atom. The third kappa shape index (κ3) is 2.85. The van der Waals surface area contributed by atoms with E-state index >= 15 is 0 Å². The normalized spacial score (nSPS) is 18.0. The Balaban J connectivity index is 1.79. The van der Waals surface area contributed by atoms with Gasteiger partial charge in [-0.05, 0) is 43.3 Å². The van der Waals surface area contributed by atoms with Crippen LogP contribution >= 0.6 is 11.8 Å². The molecule has 1 heterocycles. The minimum atomic E-state index is -0.377. The molecule has 0 aromatic heterocycles. The second-order valence-electron chi connectivity index (χ2n) is 5.28. The van der Waals surface area contributed by atoms with Gasteiger partial charge in [-0.3, -0.25) is 9.59 Å². The Labute approximate surface area is 133 Å². The molecule has 0 bridgehead atoms. The number of anilines is 2. The van der Waals surface area contributed by atoms with Crippen molar-refractivity contribution in [1.29, 1.82) is 0 Å². The molecule has 1 saturated heterocycles. The first kappa shape index (κ1) is 14.7. The quantitative estimate of drug-likeness (QED) is 0.699. The van der Waals surface area contributed by atoms with Crippen LogP contribution in [0.5, 0.6) is 0 Å². The van der Waals surface area contributed by atoms with Gasteiger partial charge in [-0.25, -0.2) is 4.90 Å². The Bertz CT molecular complexity index is 710. The number of hydrogen-bond acceptors (Lipinski definition) is 4. The largest absolute Gasteiger partial charge is 0.399 e. The van der Waals surface area contributed by atoms with E-state index in [1.807, 2.05) is 31.2 Å². The molecular formula is C17H16N2O2S. The van der Waals surface area contributed by atoms with Crippen LogP contribution in [0.4, 0.5) is 11.4 Å². The zero-order valence-electron chi connectivity index (χ0n) is 12.2. The van der Waals surface area contributed by atoms with Crippen molar-refractivity contribution in [1.82, 2.24) is 0 Å². The van der Waals surface area contributed by atoms with Crippen molar-refractivity contribution in [2.45, 2.75) is 23.5 Å². The lowest BCUT2D eigenvalue weighted by atomic mass is 10.2. The average Bonchev–Trinajstić information content (AvgIpc) is 2.77. The number of benzene rings is 2. The summed E-state index contributed by atoms with van der Waals surface area (Å²) in [5.41, 5.74) is 8.07. The number of hydrogen-bond donors (Lipinski definition) is 1. The minimum Gasteiger partial charge on any atom is -0.399 e. The molecule has 1 aliphatic rings. The van der Waals surface area contributed by atoms with Crippen LogP contribution in [0.3, 0.4) is 0 Å². The summed E-state index contributed by atoms with van der Waals surface area (Å²) in [6.07, 6.45) is 0.224. The second-order valence-corrected chi connectivity index (χ2v) is 6.56. The minimum absolute atomic E-state index is 0.151. The van der Waals surface area contributed by atoms with Crippen LogP contribution in [0, 0.1) is 6.92 Å². The predicted molar refractivity (Wildman–Crippen MR) is 88.8 cm³/mol. The molecule has 1 atom stereocenters. The number of carbonyl (C=O) groups is 2. The summed E-state index contributed by atoms with van der Waals surface area (Å²) in [6.45, 7) is 1.97. The highest BCUT2D eigenvalue weighted by atomic mass is 32.2. The molecule has 2 N–H and O–H groups in total. The maximum absolute atomic E-state index is 12.5. The van der Waals surface area contributed by atoms with Crippen LogP contribution in [0.1, 0.15) is 12.0 Å². The van der Waals surface area contributed by atoms with Crippen LogP contribution in [-0.4, -0.2) is 17.1 Å². The molecule has 0 spiro atoms. The summed E-state index contributed by atoms with van der Waals surface area (Å²) in [6, 6.07) is 14.7. The molecule has 0 aliphatic carbocycles. The average molecular weight is 312 g/mol. The van der Waals surface area contributed by atoms with Crippen LogP contribution in [0.15, 0.2) is 53.4 Å². The third-order valence-corrected chi connectivity index (χ3v) is 4.75. The van der Waals surface area contributed by atoms with Gasteiger partial charge in [0.15, 0.2) is 0 Å². The Morgan fingerprint density at radius 2 is 1.68 bits per heavy atom. The Kier molecular flexibility index (Phi) is 3.90. The van der Waals surface area contributed by atoms with Gasteiger partial charge >= 0.3 is 0 Å². The molecule has 22 heavy (non-hydrogen) atoms. The molecule has 1 unspecified atom stereocenters. The molecule has 2 amide bonds. The van der Waals surface area contributed by atoms with E-state index in [1.54, 1.807) is 24.3 Å². The van der Waals surface area contributed by atoms with Gasteiger partial charge < -0.3 is 5.73 Å². The molecular weight excluding hydrogens is 296 g/mol. The topological polar surface area (TPSA) is 63.4 Å². The SMILES string of the molecule is Cc1ccc(N2C(=O)CC(Sc3ccc(N)cc3)C2=O)cc1. The summed E-state index contributed by atoms with van der Waals surface area (Å²) in [5, 5.41) is -0.377. The van der Waals surface area contributed by atoms with Gasteiger partial charge in [0.2, 0.25) is 11.8 Å². The van der Waals surface area contributed by atoms with Crippen molar-refractivity contribution in [2.24, 2.45) is 0 Å². The van der Waals surface area contributed by atoms with E-state index in [1.165, 1.54) is 16.7 Å². The molecule has 0 radical (unpaired) electrons. The first-order valence-electron chi connectivity index (χ1n) is 7.00. The molecule has 1 fully saturated rings. The molecule has 3 rings (SSSR count). The number of aryl methyl sites for hydroxylation is 1. The van der Waals surface area contributed by atoms with Crippen LogP contribution < -0.4 is 10.6 Å². The zero-order valence-corrected chi connectivity index (χ0v) is 13.0. The van der Waals surface area contributed by atoms with Crippen LogP contribution in [0.25, 0.3) is 0 Å². The highest BCUT2D eigenvalue weighted by Crippen LogP contribution is 2.34. The number of thioether (sulfide) groups is 1. The predicted octanol–water partition coefficient (Wildman–Crippen LogP) is 3.00. The van der Waals surface area contributed by atoms with Crippen LogP contribution in [-0.2, 0) is 9.59 Å².